The standard InChI is InChI=1S/C9H9NO2S/c1-2-12-9(11)7(6-10)8-4-3-5-13-8/h3-5,7H,2H2,1H3. The van der Waals surface area contributed by atoms with Gasteiger partial charge in [-0.1, -0.05) is 6.07 Å². The van der Waals surface area contributed by atoms with Gasteiger partial charge in [0.15, 0.2) is 5.92 Å². The lowest BCUT2D eigenvalue weighted by molar-refractivity contribution is -0.143. The minimum atomic E-state index is -0.764. The molecule has 1 unspecified atom stereocenters. The molecule has 0 aliphatic rings. The first-order chi connectivity index (χ1) is 6.29. The van der Waals surface area contributed by atoms with Crippen molar-refractivity contribution in [2.75, 3.05) is 6.61 Å². The molecule has 0 fully saturated rings. The zero-order valence-electron chi connectivity index (χ0n) is 7.19. The van der Waals surface area contributed by atoms with Crippen LogP contribution in [0.3, 0.4) is 0 Å². The van der Waals surface area contributed by atoms with Gasteiger partial charge in [0.2, 0.25) is 0 Å². The van der Waals surface area contributed by atoms with Gasteiger partial charge in [-0.15, -0.1) is 11.3 Å². The summed E-state index contributed by atoms with van der Waals surface area (Å²) in [7, 11) is 0. The zero-order chi connectivity index (χ0) is 9.68. The van der Waals surface area contributed by atoms with Crippen molar-refractivity contribution < 1.29 is 9.53 Å². The van der Waals surface area contributed by atoms with Gasteiger partial charge in [0, 0.05) is 4.88 Å². The number of ether oxygens (including phenoxy) is 1. The van der Waals surface area contributed by atoms with E-state index >= 15 is 0 Å². The Kier molecular flexibility index (Phi) is 3.47. The first-order valence-electron chi connectivity index (χ1n) is 3.89. The van der Waals surface area contributed by atoms with Crippen molar-refractivity contribution in [2.45, 2.75) is 12.8 Å². The maximum atomic E-state index is 11.2. The smallest absolute Gasteiger partial charge is 0.328 e. The van der Waals surface area contributed by atoms with Crippen molar-refractivity contribution in [3.8, 4) is 6.07 Å². The van der Waals surface area contributed by atoms with E-state index in [0.717, 1.165) is 4.88 Å². The Hall–Kier alpha value is -1.34. The number of rotatable bonds is 3. The van der Waals surface area contributed by atoms with Crippen LogP contribution in [0.15, 0.2) is 17.5 Å². The average Bonchev–Trinajstić information content (AvgIpc) is 2.59. The van der Waals surface area contributed by atoms with Crippen LogP contribution in [0.4, 0.5) is 0 Å². The molecule has 0 aliphatic heterocycles. The molecule has 0 saturated heterocycles. The predicted molar refractivity (Wildman–Crippen MR) is 49.3 cm³/mol. The monoisotopic (exact) mass is 195 g/mol. The largest absolute Gasteiger partial charge is 0.465 e. The minimum absolute atomic E-state index is 0.308. The summed E-state index contributed by atoms with van der Waals surface area (Å²) in [5.41, 5.74) is 0. The average molecular weight is 195 g/mol. The second-order valence-corrected chi connectivity index (χ2v) is 3.31. The van der Waals surface area contributed by atoms with Crippen LogP contribution in [0.2, 0.25) is 0 Å². The molecule has 0 spiro atoms. The summed E-state index contributed by atoms with van der Waals surface area (Å²) < 4.78 is 4.76. The molecule has 13 heavy (non-hydrogen) atoms. The molecule has 1 heterocycles. The van der Waals surface area contributed by atoms with E-state index in [1.807, 2.05) is 17.5 Å². The molecular formula is C9H9NO2S. The second kappa shape index (κ2) is 4.63. The van der Waals surface area contributed by atoms with Crippen LogP contribution in [0.1, 0.15) is 17.7 Å². The zero-order valence-corrected chi connectivity index (χ0v) is 8.00. The summed E-state index contributed by atoms with van der Waals surface area (Å²) in [4.78, 5) is 12.0. The lowest BCUT2D eigenvalue weighted by atomic mass is 10.1. The van der Waals surface area contributed by atoms with Gasteiger partial charge in [-0.05, 0) is 18.4 Å². The molecule has 1 aromatic rings. The van der Waals surface area contributed by atoms with E-state index < -0.39 is 11.9 Å². The van der Waals surface area contributed by atoms with Gasteiger partial charge >= 0.3 is 5.97 Å². The summed E-state index contributed by atoms with van der Waals surface area (Å²) in [6.07, 6.45) is 0. The molecule has 68 valence electrons. The third-order valence-electron chi connectivity index (χ3n) is 1.48. The number of hydrogen-bond donors (Lipinski definition) is 0. The maximum Gasteiger partial charge on any atom is 0.328 e. The molecule has 0 N–H and O–H groups in total. The van der Waals surface area contributed by atoms with Crippen LogP contribution in [-0.2, 0) is 9.53 Å². The van der Waals surface area contributed by atoms with Crippen LogP contribution in [0.5, 0.6) is 0 Å². The highest BCUT2D eigenvalue weighted by atomic mass is 32.1. The van der Waals surface area contributed by atoms with E-state index in [9.17, 15) is 4.79 Å². The van der Waals surface area contributed by atoms with Crippen molar-refractivity contribution in [1.29, 1.82) is 5.26 Å². The van der Waals surface area contributed by atoms with Gasteiger partial charge < -0.3 is 4.74 Å². The number of carbonyl (C=O) groups excluding carboxylic acids is 1. The Morgan fingerprint density at radius 3 is 3.08 bits per heavy atom. The van der Waals surface area contributed by atoms with E-state index in [-0.39, 0.29) is 0 Å². The van der Waals surface area contributed by atoms with Gasteiger partial charge in [-0.3, -0.25) is 4.79 Å². The fourth-order valence-corrected chi connectivity index (χ4v) is 1.67. The van der Waals surface area contributed by atoms with Crippen LogP contribution in [-0.4, -0.2) is 12.6 Å². The summed E-state index contributed by atoms with van der Waals surface area (Å²) in [6, 6.07) is 5.49. The van der Waals surface area contributed by atoms with Crippen molar-refractivity contribution in [1.82, 2.24) is 0 Å². The van der Waals surface area contributed by atoms with Crippen LogP contribution in [0, 0.1) is 11.3 Å². The van der Waals surface area contributed by atoms with Gasteiger partial charge in [0.25, 0.3) is 0 Å². The number of nitrogens with zero attached hydrogens (tertiary/aromatic N) is 1. The molecule has 1 aromatic heterocycles. The summed E-state index contributed by atoms with van der Waals surface area (Å²) >= 11 is 1.39. The van der Waals surface area contributed by atoms with Gasteiger partial charge in [0.1, 0.15) is 0 Å². The van der Waals surface area contributed by atoms with E-state index in [0.29, 0.717) is 6.61 Å². The molecule has 4 heteroatoms. The molecular weight excluding hydrogens is 186 g/mol. The van der Waals surface area contributed by atoms with Gasteiger partial charge in [-0.2, -0.15) is 5.26 Å². The van der Waals surface area contributed by atoms with E-state index in [4.69, 9.17) is 10.00 Å². The van der Waals surface area contributed by atoms with Crippen molar-refractivity contribution in [3.05, 3.63) is 22.4 Å². The highest BCUT2D eigenvalue weighted by molar-refractivity contribution is 7.10. The first kappa shape index (κ1) is 9.75. The highest BCUT2D eigenvalue weighted by Gasteiger charge is 2.21. The molecule has 1 rings (SSSR count). The lowest BCUT2D eigenvalue weighted by Crippen LogP contribution is -2.13. The molecule has 0 aromatic carbocycles. The van der Waals surface area contributed by atoms with E-state index in [1.165, 1.54) is 11.3 Å². The third kappa shape index (κ3) is 2.30. The molecule has 0 aliphatic carbocycles. The number of esters is 1. The first-order valence-corrected chi connectivity index (χ1v) is 4.77. The predicted octanol–water partition coefficient (Wildman–Crippen LogP) is 1.92. The topological polar surface area (TPSA) is 50.1 Å². The summed E-state index contributed by atoms with van der Waals surface area (Å²) in [5, 5.41) is 10.6. The number of hydrogen-bond acceptors (Lipinski definition) is 4. The fraction of sp³-hybridized carbons (Fsp3) is 0.333. The normalized spacial score (nSPS) is 11.7. The molecule has 0 saturated carbocycles. The Labute approximate surface area is 80.6 Å². The van der Waals surface area contributed by atoms with Crippen LogP contribution in [0.25, 0.3) is 0 Å². The van der Waals surface area contributed by atoms with Crippen LogP contribution >= 0.6 is 11.3 Å². The van der Waals surface area contributed by atoms with Gasteiger partial charge in [0.05, 0.1) is 12.7 Å². The van der Waals surface area contributed by atoms with Crippen molar-refractivity contribution in [3.63, 3.8) is 0 Å². The molecule has 1 atom stereocenters. The maximum absolute atomic E-state index is 11.2. The highest BCUT2D eigenvalue weighted by Crippen LogP contribution is 2.21. The number of thiophene rings is 1. The Balaban J connectivity index is 2.76. The molecule has 3 nitrogen and oxygen atoms in total. The second-order valence-electron chi connectivity index (χ2n) is 2.33. The Morgan fingerprint density at radius 1 is 1.85 bits per heavy atom. The fourth-order valence-electron chi connectivity index (χ4n) is 0.914. The minimum Gasteiger partial charge on any atom is -0.465 e. The van der Waals surface area contributed by atoms with E-state index in [2.05, 4.69) is 0 Å². The Bertz CT molecular complexity index is 313. The molecule has 0 radical (unpaired) electrons. The van der Waals surface area contributed by atoms with Crippen molar-refractivity contribution in [2.24, 2.45) is 0 Å². The quantitative estimate of drug-likeness (QED) is 0.692. The lowest BCUT2D eigenvalue weighted by Gasteiger charge is -2.04. The SMILES string of the molecule is CCOC(=O)C(C#N)c1cccs1. The van der Waals surface area contributed by atoms with E-state index in [1.54, 1.807) is 13.0 Å². The molecule has 0 bridgehead atoms. The van der Waals surface area contributed by atoms with Crippen molar-refractivity contribution >= 4 is 17.3 Å². The van der Waals surface area contributed by atoms with Gasteiger partial charge in [-0.25, -0.2) is 0 Å². The number of nitriles is 1. The summed E-state index contributed by atoms with van der Waals surface area (Å²) in [6.45, 7) is 2.03. The Morgan fingerprint density at radius 2 is 2.62 bits per heavy atom. The van der Waals surface area contributed by atoms with Crippen LogP contribution < -0.4 is 0 Å². The third-order valence-corrected chi connectivity index (χ3v) is 2.42. The number of carbonyl (C=O) groups is 1. The summed E-state index contributed by atoms with van der Waals surface area (Å²) in [5.74, 6) is -1.23. The molecule has 0 amide bonds.